The average Bonchev–Trinajstić information content (AvgIpc) is 2.79. The molecule has 0 bridgehead atoms. The molecule has 1 fully saturated rings. The zero-order valence-corrected chi connectivity index (χ0v) is 18.0. The van der Waals surface area contributed by atoms with Crippen molar-refractivity contribution >= 4 is 33.7 Å². The number of anilines is 1. The third kappa shape index (κ3) is 4.24. The fourth-order valence-electron chi connectivity index (χ4n) is 3.32. The highest BCUT2D eigenvalue weighted by molar-refractivity contribution is 9.10. The number of carbonyl (C=O) groups excluding carboxylic acids is 1. The summed E-state index contributed by atoms with van der Waals surface area (Å²) in [6.07, 6.45) is 1.17. The lowest BCUT2D eigenvalue weighted by Crippen LogP contribution is -2.68. The van der Waals surface area contributed by atoms with Crippen LogP contribution in [0.5, 0.6) is 11.5 Å². The molecule has 0 aliphatic carbocycles. The lowest BCUT2D eigenvalue weighted by Gasteiger charge is -2.44. The molecule has 152 valence electrons. The Morgan fingerprint density at radius 3 is 2.40 bits per heavy atom. The van der Waals surface area contributed by atoms with Crippen LogP contribution in [0.25, 0.3) is 0 Å². The maximum absolute atomic E-state index is 13.0. The van der Waals surface area contributed by atoms with Gasteiger partial charge in [0.25, 0.3) is 5.91 Å². The molecular weight excluding hydrogens is 444 g/mol. The fourth-order valence-corrected chi connectivity index (χ4v) is 3.70. The number of halogens is 1. The van der Waals surface area contributed by atoms with Crippen molar-refractivity contribution in [2.45, 2.75) is 18.7 Å². The van der Waals surface area contributed by atoms with E-state index in [1.54, 1.807) is 18.2 Å². The van der Waals surface area contributed by atoms with Crippen LogP contribution in [0.1, 0.15) is 5.56 Å². The van der Waals surface area contributed by atoms with Crippen molar-refractivity contribution in [3.8, 4) is 11.5 Å². The van der Waals surface area contributed by atoms with E-state index in [0.717, 1.165) is 21.5 Å². The van der Waals surface area contributed by atoms with Crippen LogP contribution in [-0.2, 0) is 11.3 Å². The van der Waals surface area contributed by atoms with E-state index < -0.39 is 6.10 Å². The molecule has 3 aromatic carbocycles. The standard InChI is InChI=1S/C24H21BrN2O3/c1-29-19-13-11-18(12-14-19)27-21(16-26-15-17-7-3-2-4-8-17)23(24(27)28)30-22-10-6-5-9-20(22)25/h2-14,16,21,23H,15H2,1H3/t21-,23+/m1/s1. The van der Waals surface area contributed by atoms with Crippen molar-refractivity contribution in [2.24, 2.45) is 4.99 Å². The summed E-state index contributed by atoms with van der Waals surface area (Å²) in [5.74, 6) is 1.26. The summed E-state index contributed by atoms with van der Waals surface area (Å²) in [5.41, 5.74) is 1.89. The van der Waals surface area contributed by atoms with Gasteiger partial charge >= 0.3 is 0 Å². The molecule has 0 N–H and O–H groups in total. The van der Waals surface area contributed by atoms with Crippen molar-refractivity contribution in [3.05, 3.63) is 88.9 Å². The molecule has 1 aliphatic heterocycles. The second-order valence-corrected chi connectivity index (χ2v) is 7.70. The van der Waals surface area contributed by atoms with Gasteiger partial charge in [-0.2, -0.15) is 0 Å². The van der Waals surface area contributed by atoms with E-state index >= 15 is 0 Å². The fraction of sp³-hybridized carbons (Fsp3) is 0.167. The molecule has 0 radical (unpaired) electrons. The number of nitrogens with zero attached hydrogens (tertiary/aromatic N) is 2. The molecule has 0 unspecified atom stereocenters. The summed E-state index contributed by atoms with van der Waals surface area (Å²) >= 11 is 3.48. The van der Waals surface area contributed by atoms with Crippen LogP contribution in [0.3, 0.4) is 0 Å². The summed E-state index contributed by atoms with van der Waals surface area (Å²) in [4.78, 5) is 19.3. The first kappa shape index (κ1) is 20.2. The van der Waals surface area contributed by atoms with Gasteiger partial charge in [0.05, 0.1) is 18.1 Å². The van der Waals surface area contributed by atoms with Crippen molar-refractivity contribution in [2.75, 3.05) is 12.0 Å². The second-order valence-electron chi connectivity index (χ2n) is 6.84. The molecule has 0 spiro atoms. The van der Waals surface area contributed by atoms with E-state index in [2.05, 4.69) is 20.9 Å². The molecule has 6 heteroatoms. The maximum Gasteiger partial charge on any atom is 0.271 e. The van der Waals surface area contributed by atoms with Gasteiger partial charge in [-0.05, 0) is 57.9 Å². The molecule has 1 aliphatic rings. The Labute approximate surface area is 184 Å². The highest BCUT2D eigenvalue weighted by Gasteiger charge is 2.49. The van der Waals surface area contributed by atoms with E-state index in [0.29, 0.717) is 12.3 Å². The summed E-state index contributed by atoms with van der Waals surface area (Å²) in [6.45, 7) is 0.545. The largest absolute Gasteiger partial charge is 0.497 e. The van der Waals surface area contributed by atoms with Crippen LogP contribution in [0.2, 0.25) is 0 Å². The normalized spacial score (nSPS) is 18.3. The number of benzene rings is 3. The molecule has 0 aromatic heterocycles. The summed E-state index contributed by atoms with van der Waals surface area (Å²) in [5, 5.41) is 0. The molecule has 0 saturated carbocycles. The molecular formula is C24H21BrN2O3. The number of ether oxygens (including phenoxy) is 2. The van der Waals surface area contributed by atoms with Crippen LogP contribution in [-0.4, -0.2) is 31.4 Å². The topological polar surface area (TPSA) is 51.1 Å². The lowest BCUT2D eigenvalue weighted by molar-refractivity contribution is -0.132. The van der Waals surface area contributed by atoms with Gasteiger partial charge in [0, 0.05) is 11.9 Å². The summed E-state index contributed by atoms with van der Waals surface area (Å²) < 4.78 is 12.1. The average molecular weight is 465 g/mol. The molecule has 30 heavy (non-hydrogen) atoms. The van der Waals surface area contributed by atoms with Gasteiger partial charge < -0.3 is 9.47 Å². The van der Waals surface area contributed by atoms with Gasteiger partial charge in [0.2, 0.25) is 6.10 Å². The monoisotopic (exact) mass is 464 g/mol. The first-order valence-electron chi connectivity index (χ1n) is 9.59. The first-order chi connectivity index (χ1) is 14.7. The van der Waals surface area contributed by atoms with Crippen LogP contribution >= 0.6 is 15.9 Å². The molecule has 3 aromatic rings. The van der Waals surface area contributed by atoms with Crippen molar-refractivity contribution in [1.82, 2.24) is 0 Å². The van der Waals surface area contributed by atoms with Gasteiger partial charge in [-0.25, -0.2) is 0 Å². The number of carbonyl (C=O) groups is 1. The van der Waals surface area contributed by atoms with E-state index in [9.17, 15) is 4.79 Å². The zero-order chi connectivity index (χ0) is 20.9. The number of hydrogen-bond donors (Lipinski definition) is 0. The Kier molecular flexibility index (Phi) is 6.14. The predicted octanol–water partition coefficient (Wildman–Crippen LogP) is 4.89. The van der Waals surface area contributed by atoms with Crippen LogP contribution in [0, 0.1) is 0 Å². The van der Waals surface area contributed by atoms with E-state index in [1.807, 2.05) is 78.9 Å². The quantitative estimate of drug-likeness (QED) is 0.369. The third-order valence-corrected chi connectivity index (χ3v) is 5.56. The maximum atomic E-state index is 13.0. The van der Waals surface area contributed by atoms with E-state index in [-0.39, 0.29) is 11.9 Å². The van der Waals surface area contributed by atoms with Crippen LogP contribution in [0.4, 0.5) is 5.69 Å². The van der Waals surface area contributed by atoms with Crippen LogP contribution in [0.15, 0.2) is 88.3 Å². The van der Waals surface area contributed by atoms with Gasteiger partial charge in [0.1, 0.15) is 17.5 Å². The number of rotatable bonds is 7. The van der Waals surface area contributed by atoms with Crippen molar-refractivity contribution in [1.29, 1.82) is 0 Å². The van der Waals surface area contributed by atoms with Crippen LogP contribution < -0.4 is 14.4 Å². The second kappa shape index (κ2) is 9.13. The van der Waals surface area contributed by atoms with E-state index in [4.69, 9.17) is 9.47 Å². The number of amides is 1. The molecule has 5 nitrogen and oxygen atoms in total. The highest BCUT2D eigenvalue weighted by atomic mass is 79.9. The SMILES string of the molecule is COc1ccc(N2C(=O)[C@@H](Oc3ccccc3Br)[C@H]2C=NCc2ccccc2)cc1. The number of hydrogen-bond acceptors (Lipinski definition) is 4. The smallest absolute Gasteiger partial charge is 0.271 e. The Hall–Kier alpha value is -3.12. The number of para-hydroxylation sites is 1. The Bertz CT molecular complexity index is 1040. The summed E-state index contributed by atoms with van der Waals surface area (Å²) in [7, 11) is 1.62. The minimum atomic E-state index is -0.634. The molecule has 4 rings (SSSR count). The molecule has 1 amide bonds. The zero-order valence-electron chi connectivity index (χ0n) is 16.4. The number of β-lactam (4-membered cyclic amide) rings is 1. The minimum absolute atomic E-state index is 0.105. The van der Waals surface area contributed by atoms with Crippen molar-refractivity contribution < 1.29 is 14.3 Å². The molecule has 1 saturated heterocycles. The van der Waals surface area contributed by atoms with Gasteiger partial charge in [-0.15, -0.1) is 0 Å². The first-order valence-corrected chi connectivity index (χ1v) is 10.4. The van der Waals surface area contributed by atoms with E-state index in [1.165, 1.54) is 0 Å². The Balaban J connectivity index is 1.57. The Morgan fingerprint density at radius 1 is 1.00 bits per heavy atom. The predicted molar refractivity (Wildman–Crippen MR) is 121 cm³/mol. The van der Waals surface area contributed by atoms with Crippen molar-refractivity contribution in [3.63, 3.8) is 0 Å². The number of methoxy groups -OCH3 is 1. The van der Waals surface area contributed by atoms with Gasteiger partial charge in [-0.3, -0.25) is 14.7 Å². The van der Waals surface area contributed by atoms with Gasteiger partial charge in [0.15, 0.2) is 0 Å². The number of aliphatic imine (C=N–C) groups is 1. The molecule has 2 atom stereocenters. The minimum Gasteiger partial charge on any atom is -0.497 e. The van der Waals surface area contributed by atoms with Gasteiger partial charge in [-0.1, -0.05) is 42.5 Å². The highest BCUT2D eigenvalue weighted by Crippen LogP contribution is 2.34. The summed E-state index contributed by atoms with van der Waals surface area (Å²) in [6, 6.07) is 24.6. The lowest BCUT2D eigenvalue weighted by atomic mass is 9.97. The Morgan fingerprint density at radius 2 is 1.70 bits per heavy atom. The third-order valence-electron chi connectivity index (χ3n) is 4.91. The molecule has 1 heterocycles.